The Morgan fingerprint density at radius 3 is 1.54 bits per heavy atom. The molecule has 144 valence electrons. The van der Waals surface area contributed by atoms with Crippen LogP contribution in [0.5, 0.6) is 0 Å². The molecule has 0 rings (SSSR count). The van der Waals surface area contributed by atoms with E-state index in [0.717, 1.165) is 24.2 Å². The summed E-state index contributed by atoms with van der Waals surface area (Å²) in [5.74, 6) is 2.98. The molecule has 0 aliphatic heterocycles. The van der Waals surface area contributed by atoms with Crippen LogP contribution in [0.4, 0.5) is 0 Å². The molecule has 2 nitrogen and oxygen atoms in total. The minimum Gasteiger partial charge on any atom is -0.466 e. The summed E-state index contributed by atoms with van der Waals surface area (Å²) in [5.41, 5.74) is 0. The number of hydrogen-bond donors (Lipinski definition) is 0. The number of esters is 1. The quantitative estimate of drug-likeness (QED) is 0.299. The highest BCUT2D eigenvalue weighted by atomic mass is 16.5. The van der Waals surface area contributed by atoms with E-state index in [1.807, 2.05) is 6.92 Å². The third kappa shape index (κ3) is 15.0. The number of hydrogen-bond acceptors (Lipinski definition) is 2. The van der Waals surface area contributed by atoms with E-state index < -0.39 is 0 Å². The third-order valence-corrected chi connectivity index (χ3v) is 5.09. The Morgan fingerprint density at radius 1 is 0.708 bits per heavy atom. The molecule has 0 amide bonds. The van der Waals surface area contributed by atoms with E-state index in [1.54, 1.807) is 0 Å². The van der Waals surface area contributed by atoms with Gasteiger partial charge in [0.1, 0.15) is 0 Å². The Labute approximate surface area is 152 Å². The van der Waals surface area contributed by atoms with Crippen molar-refractivity contribution < 1.29 is 9.53 Å². The Hall–Kier alpha value is -0.530. The summed E-state index contributed by atoms with van der Waals surface area (Å²) in [7, 11) is 0. The van der Waals surface area contributed by atoms with Crippen molar-refractivity contribution in [2.75, 3.05) is 6.61 Å². The monoisotopic (exact) mass is 340 g/mol. The minimum atomic E-state index is -0.0375. The van der Waals surface area contributed by atoms with Gasteiger partial charge in [0.2, 0.25) is 0 Å². The van der Waals surface area contributed by atoms with Crippen molar-refractivity contribution in [1.82, 2.24) is 0 Å². The highest BCUT2D eigenvalue weighted by Gasteiger charge is 2.11. The maximum atomic E-state index is 11.4. The van der Waals surface area contributed by atoms with Crippen LogP contribution in [0, 0.1) is 23.7 Å². The molecule has 0 aliphatic rings. The van der Waals surface area contributed by atoms with Gasteiger partial charge in [-0.15, -0.1) is 0 Å². The van der Waals surface area contributed by atoms with Gasteiger partial charge in [0, 0.05) is 6.42 Å². The van der Waals surface area contributed by atoms with Gasteiger partial charge >= 0.3 is 5.97 Å². The molecular formula is C22H44O2. The molecule has 3 atom stereocenters. The molecule has 0 aromatic carbocycles. The molecule has 0 aliphatic carbocycles. The van der Waals surface area contributed by atoms with Gasteiger partial charge in [-0.05, 0) is 30.6 Å². The minimum absolute atomic E-state index is 0.0375. The van der Waals surface area contributed by atoms with E-state index in [-0.39, 0.29) is 5.97 Å². The van der Waals surface area contributed by atoms with Gasteiger partial charge in [0.05, 0.1) is 6.61 Å². The van der Waals surface area contributed by atoms with E-state index in [0.29, 0.717) is 18.9 Å². The summed E-state index contributed by atoms with van der Waals surface area (Å²) in [6, 6.07) is 0. The third-order valence-electron chi connectivity index (χ3n) is 5.09. The van der Waals surface area contributed by atoms with E-state index in [1.165, 1.54) is 51.4 Å². The van der Waals surface area contributed by atoms with Crippen LogP contribution in [0.25, 0.3) is 0 Å². The molecule has 3 unspecified atom stereocenters. The summed E-state index contributed by atoms with van der Waals surface area (Å²) in [6.45, 7) is 14.0. The van der Waals surface area contributed by atoms with Gasteiger partial charge < -0.3 is 4.74 Å². The Kier molecular flexibility index (Phi) is 14.5. The lowest BCUT2D eigenvalue weighted by Crippen LogP contribution is -2.09. The van der Waals surface area contributed by atoms with Crippen molar-refractivity contribution >= 4 is 5.97 Å². The Morgan fingerprint density at radius 2 is 1.12 bits per heavy atom. The second kappa shape index (κ2) is 14.8. The predicted octanol–water partition coefficient (Wildman–Crippen LogP) is 7.01. The molecule has 24 heavy (non-hydrogen) atoms. The Bertz CT molecular complexity index is 298. The molecule has 0 saturated carbocycles. The molecular weight excluding hydrogens is 296 g/mol. The molecule has 0 radical (unpaired) electrons. The van der Waals surface area contributed by atoms with Crippen LogP contribution in [0.2, 0.25) is 0 Å². The van der Waals surface area contributed by atoms with Crippen molar-refractivity contribution in [2.24, 2.45) is 23.7 Å². The van der Waals surface area contributed by atoms with Gasteiger partial charge in [-0.3, -0.25) is 4.79 Å². The lowest BCUT2D eigenvalue weighted by atomic mass is 9.91. The van der Waals surface area contributed by atoms with Crippen LogP contribution >= 0.6 is 0 Å². The summed E-state index contributed by atoms with van der Waals surface area (Å²) in [4.78, 5) is 11.4. The van der Waals surface area contributed by atoms with Crippen molar-refractivity contribution in [3.8, 4) is 0 Å². The standard InChI is InChI=1S/C22H44O2/c1-7-24-22(23)17-21(6)16-10-15-20(5)14-9-13-19(4)12-8-11-18(2)3/h18-21H,7-17H2,1-6H3. The highest BCUT2D eigenvalue weighted by Crippen LogP contribution is 2.22. The molecule has 0 aromatic rings. The first-order valence-electron chi connectivity index (χ1n) is 10.5. The van der Waals surface area contributed by atoms with Crippen molar-refractivity contribution in [3.05, 3.63) is 0 Å². The number of carbonyl (C=O) groups excluding carboxylic acids is 1. The van der Waals surface area contributed by atoms with E-state index in [9.17, 15) is 4.79 Å². The highest BCUT2D eigenvalue weighted by molar-refractivity contribution is 5.69. The molecule has 0 bridgehead atoms. The fourth-order valence-electron chi connectivity index (χ4n) is 3.40. The Balaban J connectivity index is 3.58. The predicted molar refractivity (Wildman–Crippen MR) is 105 cm³/mol. The zero-order valence-electron chi connectivity index (χ0n) is 17.4. The average molecular weight is 341 g/mol. The zero-order valence-corrected chi connectivity index (χ0v) is 17.4. The fraction of sp³-hybridized carbons (Fsp3) is 0.955. The van der Waals surface area contributed by atoms with Crippen LogP contribution in [0.1, 0.15) is 106 Å². The van der Waals surface area contributed by atoms with Crippen molar-refractivity contribution in [1.29, 1.82) is 0 Å². The topological polar surface area (TPSA) is 26.3 Å². The fourth-order valence-corrected chi connectivity index (χ4v) is 3.40. The summed E-state index contributed by atoms with van der Waals surface area (Å²) >= 11 is 0. The SMILES string of the molecule is CCOC(=O)CC(C)CCCC(C)CCCC(C)CCCC(C)C. The van der Waals surface area contributed by atoms with E-state index >= 15 is 0 Å². The van der Waals surface area contributed by atoms with Crippen molar-refractivity contribution in [3.63, 3.8) is 0 Å². The van der Waals surface area contributed by atoms with Crippen LogP contribution in [-0.2, 0) is 9.53 Å². The van der Waals surface area contributed by atoms with Gasteiger partial charge in [0.15, 0.2) is 0 Å². The maximum absolute atomic E-state index is 11.4. The number of carbonyl (C=O) groups is 1. The second-order valence-electron chi connectivity index (χ2n) is 8.51. The smallest absolute Gasteiger partial charge is 0.306 e. The van der Waals surface area contributed by atoms with Gasteiger partial charge in [0.25, 0.3) is 0 Å². The molecule has 0 saturated heterocycles. The lowest BCUT2D eigenvalue weighted by Gasteiger charge is -2.16. The molecule has 2 heteroatoms. The summed E-state index contributed by atoms with van der Waals surface area (Å²) in [6.07, 6.45) is 12.6. The zero-order chi connectivity index (χ0) is 18.4. The van der Waals surface area contributed by atoms with E-state index in [2.05, 4.69) is 34.6 Å². The van der Waals surface area contributed by atoms with Crippen molar-refractivity contribution in [2.45, 2.75) is 106 Å². The number of ether oxygens (including phenoxy) is 1. The van der Waals surface area contributed by atoms with Crippen LogP contribution in [0.3, 0.4) is 0 Å². The molecule has 0 spiro atoms. The van der Waals surface area contributed by atoms with Crippen LogP contribution in [0.15, 0.2) is 0 Å². The first-order valence-corrected chi connectivity index (χ1v) is 10.5. The lowest BCUT2D eigenvalue weighted by molar-refractivity contribution is -0.144. The summed E-state index contributed by atoms with van der Waals surface area (Å²) in [5, 5.41) is 0. The van der Waals surface area contributed by atoms with Gasteiger partial charge in [-0.1, -0.05) is 92.4 Å². The number of rotatable bonds is 15. The first kappa shape index (κ1) is 23.5. The van der Waals surface area contributed by atoms with Crippen LogP contribution in [-0.4, -0.2) is 12.6 Å². The molecule has 0 fully saturated rings. The second-order valence-corrected chi connectivity index (χ2v) is 8.51. The normalized spacial score (nSPS) is 15.3. The molecule has 0 heterocycles. The van der Waals surface area contributed by atoms with E-state index in [4.69, 9.17) is 4.74 Å². The van der Waals surface area contributed by atoms with Gasteiger partial charge in [-0.2, -0.15) is 0 Å². The largest absolute Gasteiger partial charge is 0.466 e. The molecule has 0 N–H and O–H groups in total. The first-order chi connectivity index (χ1) is 11.3. The average Bonchev–Trinajstić information content (AvgIpc) is 2.46. The summed E-state index contributed by atoms with van der Waals surface area (Å²) < 4.78 is 5.02. The van der Waals surface area contributed by atoms with Crippen LogP contribution < -0.4 is 0 Å². The van der Waals surface area contributed by atoms with Gasteiger partial charge in [-0.25, -0.2) is 0 Å². The maximum Gasteiger partial charge on any atom is 0.306 e. The molecule has 0 aromatic heterocycles.